The molecule has 2 aromatic rings. The minimum absolute atomic E-state index is 0.0669. The third-order valence-corrected chi connectivity index (χ3v) is 2.82. The molecule has 0 aliphatic carbocycles. The minimum Gasteiger partial charge on any atom is -0.493 e. The summed E-state index contributed by atoms with van der Waals surface area (Å²) < 4.78 is 10.6. The first-order valence-corrected chi connectivity index (χ1v) is 6.24. The van der Waals surface area contributed by atoms with Gasteiger partial charge in [-0.15, -0.1) is 0 Å². The van der Waals surface area contributed by atoms with Crippen molar-refractivity contribution in [1.29, 1.82) is 0 Å². The molecule has 20 heavy (non-hydrogen) atoms. The van der Waals surface area contributed by atoms with Gasteiger partial charge in [0.1, 0.15) is 0 Å². The maximum absolute atomic E-state index is 11.8. The molecule has 6 heteroatoms. The molecule has 2 rings (SSSR count). The standard InChI is InChI=1S/C14H17N3O3/c1-10(11-7-15-16-8-11)17-14(18)9-20-13-6-4-3-5-12(13)19-2/h3-8,10H,9H2,1-2H3,(H,15,16)(H,17,18). The predicted molar refractivity (Wildman–Crippen MR) is 73.6 cm³/mol. The number of aromatic nitrogens is 2. The zero-order valence-corrected chi connectivity index (χ0v) is 11.4. The van der Waals surface area contributed by atoms with Gasteiger partial charge in [0, 0.05) is 11.8 Å². The van der Waals surface area contributed by atoms with Crippen LogP contribution in [0, 0.1) is 0 Å². The van der Waals surface area contributed by atoms with Gasteiger partial charge in [-0.25, -0.2) is 0 Å². The van der Waals surface area contributed by atoms with E-state index in [0.29, 0.717) is 11.5 Å². The van der Waals surface area contributed by atoms with Crippen LogP contribution in [0.5, 0.6) is 11.5 Å². The second-order valence-corrected chi connectivity index (χ2v) is 4.26. The summed E-state index contributed by atoms with van der Waals surface area (Å²) in [6.07, 6.45) is 3.41. The van der Waals surface area contributed by atoms with Gasteiger partial charge < -0.3 is 14.8 Å². The van der Waals surface area contributed by atoms with E-state index in [-0.39, 0.29) is 18.6 Å². The van der Waals surface area contributed by atoms with E-state index < -0.39 is 0 Å². The zero-order chi connectivity index (χ0) is 14.4. The van der Waals surface area contributed by atoms with Crippen LogP contribution in [0.25, 0.3) is 0 Å². The number of ether oxygens (including phenoxy) is 2. The molecule has 0 spiro atoms. The van der Waals surface area contributed by atoms with Crippen LogP contribution < -0.4 is 14.8 Å². The molecule has 0 bridgehead atoms. The molecule has 0 aliphatic heterocycles. The summed E-state index contributed by atoms with van der Waals surface area (Å²) in [6.45, 7) is 1.81. The number of carbonyl (C=O) groups excluding carboxylic acids is 1. The molecular formula is C14H17N3O3. The fourth-order valence-electron chi connectivity index (χ4n) is 1.75. The van der Waals surface area contributed by atoms with Crippen LogP contribution in [-0.2, 0) is 4.79 Å². The highest BCUT2D eigenvalue weighted by molar-refractivity contribution is 5.78. The number of hydrogen-bond acceptors (Lipinski definition) is 4. The maximum Gasteiger partial charge on any atom is 0.258 e. The van der Waals surface area contributed by atoms with Crippen molar-refractivity contribution in [1.82, 2.24) is 15.5 Å². The topological polar surface area (TPSA) is 76.2 Å². The Kier molecular flexibility index (Phi) is 4.60. The number of benzene rings is 1. The van der Waals surface area contributed by atoms with Gasteiger partial charge in [-0.05, 0) is 19.1 Å². The predicted octanol–water partition coefficient (Wildman–Crippen LogP) is 1.67. The highest BCUT2D eigenvalue weighted by atomic mass is 16.5. The van der Waals surface area contributed by atoms with E-state index in [4.69, 9.17) is 9.47 Å². The molecule has 6 nitrogen and oxygen atoms in total. The van der Waals surface area contributed by atoms with E-state index >= 15 is 0 Å². The Balaban J connectivity index is 1.86. The van der Waals surface area contributed by atoms with Crippen LogP contribution in [0.15, 0.2) is 36.7 Å². The van der Waals surface area contributed by atoms with E-state index in [9.17, 15) is 4.79 Å². The molecule has 2 N–H and O–H groups in total. The average molecular weight is 275 g/mol. The van der Waals surface area contributed by atoms with Gasteiger partial charge in [-0.2, -0.15) is 5.10 Å². The SMILES string of the molecule is COc1ccccc1OCC(=O)NC(C)c1cn[nH]c1. The number of aromatic amines is 1. The van der Waals surface area contributed by atoms with Gasteiger partial charge in [0.15, 0.2) is 18.1 Å². The van der Waals surface area contributed by atoms with Crippen LogP contribution in [0.2, 0.25) is 0 Å². The summed E-state index contributed by atoms with van der Waals surface area (Å²) in [5, 5.41) is 9.38. The first-order chi connectivity index (χ1) is 9.70. The number of rotatable bonds is 6. The summed E-state index contributed by atoms with van der Waals surface area (Å²) in [5.41, 5.74) is 0.913. The summed E-state index contributed by atoms with van der Waals surface area (Å²) in [6, 6.07) is 7.08. The number of para-hydroxylation sites is 2. The second-order valence-electron chi connectivity index (χ2n) is 4.26. The van der Waals surface area contributed by atoms with Crippen LogP contribution in [0.1, 0.15) is 18.5 Å². The lowest BCUT2D eigenvalue weighted by atomic mass is 10.2. The maximum atomic E-state index is 11.8. The molecule has 0 saturated heterocycles. The Morgan fingerprint density at radius 2 is 2.15 bits per heavy atom. The number of nitrogens with zero attached hydrogens (tertiary/aromatic N) is 1. The van der Waals surface area contributed by atoms with Gasteiger partial charge in [0.25, 0.3) is 5.91 Å². The lowest BCUT2D eigenvalue weighted by molar-refractivity contribution is -0.123. The van der Waals surface area contributed by atoms with Gasteiger partial charge >= 0.3 is 0 Å². The number of carbonyl (C=O) groups is 1. The Morgan fingerprint density at radius 1 is 1.40 bits per heavy atom. The van der Waals surface area contributed by atoms with Gasteiger partial charge in [0.2, 0.25) is 0 Å². The Bertz CT molecular complexity index is 555. The lowest BCUT2D eigenvalue weighted by Crippen LogP contribution is -2.31. The van der Waals surface area contributed by atoms with Crippen molar-refractivity contribution in [3.8, 4) is 11.5 Å². The molecule has 0 radical (unpaired) electrons. The molecule has 1 aromatic heterocycles. The van der Waals surface area contributed by atoms with Crippen molar-refractivity contribution < 1.29 is 14.3 Å². The molecule has 106 valence electrons. The summed E-state index contributed by atoms with van der Waals surface area (Å²) in [7, 11) is 1.56. The van der Waals surface area contributed by atoms with E-state index in [1.54, 1.807) is 31.6 Å². The third kappa shape index (κ3) is 3.50. The van der Waals surface area contributed by atoms with Crippen molar-refractivity contribution in [2.24, 2.45) is 0 Å². The average Bonchev–Trinajstić information content (AvgIpc) is 2.99. The Hall–Kier alpha value is -2.50. The summed E-state index contributed by atoms with van der Waals surface area (Å²) in [4.78, 5) is 11.8. The van der Waals surface area contributed by atoms with E-state index in [1.165, 1.54) is 0 Å². The van der Waals surface area contributed by atoms with Crippen molar-refractivity contribution >= 4 is 5.91 Å². The number of hydrogen-bond donors (Lipinski definition) is 2. The van der Waals surface area contributed by atoms with Crippen LogP contribution >= 0.6 is 0 Å². The van der Waals surface area contributed by atoms with Crippen molar-refractivity contribution in [2.75, 3.05) is 13.7 Å². The molecule has 1 unspecified atom stereocenters. The molecule has 0 aliphatic rings. The third-order valence-electron chi connectivity index (χ3n) is 2.82. The number of H-pyrrole nitrogens is 1. The lowest BCUT2D eigenvalue weighted by Gasteiger charge is -2.13. The smallest absolute Gasteiger partial charge is 0.258 e. The highest BCUT2D eigenvalue weighted by Gasteiger charge is 2.11. The molecule has 1 aromatic carbocycles. The quantitative estimate of drug-likeness (QED) is 0.841. The first-order valence-electron chi connectivity index (χ1n) is 6.24. The number of methoxy groups -OCH3 is 1. The van der Waals surface area contributed by atoms with Crippen molar-refractivity contribution in [3.63, 3.8) is 0 Å². The van der Waals surface area contributed by atoms with Crippen molar-refractivity contribution in [2.45, 2.75) is 13.0 Å². The van der Waals surface area contributed by atoms with Crippen molar-refractivity contribution in [3.05, 3.63) is 42.2 Å². The molecular weight excluding hydrogens is 258 g/mol. The minimum atomic E-state index is -0.204. The summed E-state index contributed by atoms with van der Waals surface area (Å²) in [5.74, 6) is 0.939. The molecule has 0 fully saturated rings. The van der Waals surface area contributed by atoms with Crippen LogP contribution in [-0.4, -0.2) is 29.8 Å². The van der Waals surface area contributed by atoms with E-state index in [1.807, 2.05) is 19.1 Å². The zero-order valence-electron chi connectivity index (χ0n) is 11.4. The Labute approximate surface area is 117 Å². The first kappa shape index (κ1) is 13.9. The number of amides is 1. The monoisotopic (exact) mass is 275 g/mol. The second kappa shape index (κ2) is 6.60. The summed E-state index contributed by atoms with van der Waals surface area (Å²) >= 11 is 0. The fraction of sp³-hybridized carbons (Fsp3) is 0.286. The molecule has 1 heterocycles. The highest BCUT2D eigenvalue weighted by Crippen LogP contribution is 2.25. The molecule has 0 saturated carbocycles. The molecule has 1 amide bonds. The van der Waals surface area contributed by atoms with E-state index in [2.05, 4.69) is 15.5 Å². The van der Waals surface area contributed by atoms with Gasteiger partial charge in [-0.1, -0.05) is 12.1 Å². The normalized spacial score (nSPS) is 11.7. The van der Waals surface area contributed by atoms with Crippen LogP contribution in [0.4, 0.5) is 0 Å². The van der Waals surface area contributed by atoms with Gasteiger partial charge in [0.05, 0.1) is 19.3 Å². The van der Waals surface area contributed by atoms with Crippen LogP contribution in [0.3, 0.4) is 0 Å². The molecule has 1 atom stereocenters. The number of nitrogens with one attached hydrogen (secondary N) is 2. The fourth-order valence-corrected chi connectivity index (χ4v) is 1.75. The van der Waals surface area contributed by atoms with E-state index in [0.717, 1.165) is 5.56 Å². The Morgan fingerprint density at radius 3 is 2.80 bits per heavy atom. The van der Waals surface area contributed by atoms with Gasteiger partial charge in [-0.3, -0.25) is 9.89 Å². The largest absolute Gasteiger partial charge is 0.493 e.